The van der Waals surface area contributed by atoms with E-state index in [0.29, 0.717) is 12.0 Å². The van der Waals surface area contributed by atoms with E-state index in [-0.39, 0.29) is 0 Å². The summed E-state index contributed by atoms with van der Waals surface area (Å²) < 4.78 is 10.6. The highest BCUT2D eigenvalue weighted by atomic mass is 16.7. The number of carbonyl (C=O) groups excluding carboxylic acids is 2. The molecule has 0 radical (unpaired) electrons. The molecule has 0 heterocycles. The first-order valence-electron chi connectivity index (χ1n) is 10.2. The van der Waals surface area contributed by atoms with Crippen molar-refractivity contribution in [2.45, 2.75) is 59.2 Å². The van der Waals surface area contributed by atoms with Gasteiger partial charge in [0.05, 0.1) is 0 Å². The fraction of sp³-hybridized carbons (Fsp3) is 0.360. The number of unbranched alkanes of at least 4 members (excludes halogenated alkanes) is 2. The fourth-order valence-electron chi connectivity index (χ4n) is 3.08. The molecule has 2 aromatic rings. The molecule has 0 fully saturated rings. The highest BCUT2D eigenvalue weighted by Gasteiger charge is 2.21. The third-order valence-electron chi connectivity index (χ3n) is 4.50. The molecule has 0 aromatic heterocycles. The summed E-state index contributed by atoms with van der Waals surface area (Å²) in [5, 5.41) is 0. The maximum atomic E-state index is 11.6. The van der Waals surface area contributed by atoms with Gasteiger partial charge in [0.25, 0.3) is 6.29 Å². The molecule has 0 saturated carbocycles. The molecule has 2 aromatic carbocycles. The minimum Gasteiger partial charge on any atom is -0.421 e. The number of carbonyl (C=O) groups is 2. The van der Waals surface area contributed by atoms with Gasteiger partial charge in [-0.2, -0.15) is 0 Å². The number of hydrogen-bond donors (Lipinski definition) is 0. The smallest absolute Gasteiger partial charge is 0.305 e. The fourth-order valence-corrected chi connectivity index (χ4v) is 3.08. The Morgan fingerprint density at radius 2 is 1.48 bits per heavy atom. The van der Waals surface area contributed by atoms with Gasteiger partial charge in [-0.1, -0.05) is 74.4 Å². The average Bonchev–Trinajstić information content (AvgIpc) is 2.68. The Hall–Kier alpha value is -2.88. The molecule has 0 aliphatic carbocycles. The van der Waals surface area contributed by atoms with Crippen LogP contribution in [0, 0.1) is 0 Å². The number of ether oxygens (including phenoxy) is 2. The molecule has 0 unspecified atom stereocenters. The van der Waals surface area contributed by atoms with E-state index in [9.17, 15) is 9.59 Å². The van der Waals surface area contributed by atoms with Crippen LogP contribution in [-0.4, -0.2) is 18.2 Å². The molecule has 154 valence electrons. The van der Waals surface area contributed by atoms with Crippen molar-refractivity contribution in [2.24, 2.45) is 0 Å². The standard InChI is InChI=1S/C25H30O4/c1-4-5-7-10-21-13-15-23(16-14-21)18-24(17-22-11-8-6-9-12-22)25(28-19(2)26)29-20(3)27/h6,8-9,11-16,18,25H,4-5,7,10,17H2,1-3H3/b24-18+. The molecule has 0 saturated heterocycles. The Morgan fingerprint density at radius 3 is 2.03 bits per heavy atom. The summed E-state index contributed by atoms with van der Waals surface area (Å²) in [5.74, 6) is -0.997. The van der Waals surface area contributed by atoms with Crippen molar-refractivity contribution >= 4 is 18.0 Å². The van der Waals surface area contributed by atoms with Crippen molar-refractivity contribution in [1.29, 1.82) is 0 Å². The number of aryl methyl sites for hydroxylation is 1. The highest BCUT2D eigenvalue weighted by Crippen LogP contribution is 2.20. The lowest BCUT2D eigenvalue weighted by Crippen LogP contribution is -2.25. The SMILES string of the molecule is CCCCCc1ccc(/C=C(\Cc2ccccc2)C(OC(C)=O)OC(C)=O)cc1. The molecule has 0 aliphatic rings. The molecular weight excluding hydrogens is 364 g/mol. The molecule has 4 heteroatoms. The first-order chi connectivity index (χ1) is 14.0. The van der Waals surface area contributed by atoms with Gasteiger partial charge in [0.1, 0.15) is 0 Å². The van der Waals surface area contributed by atoms with Crippen LogP contribution in [0.2, 0.25) is 0 Å². The van der Waals surface area contributed by atoms with E-state index < -0.39 is 18.2 Å². The van der Waals surface area contributed by atoms with E-state index in [1.807, 2.05) is 48.5 Å². The first kappa shape index (κ1) is 22.4. The third kappa shape index (κ3) is 8.34. The summed E-state index contributed by atoms with van der Waals surface area (Å²) in [6.45, 7) is 4.81. The Balaban J connectivity index is 2.29. The Kier molecular flexibility index (Phi) is 9.16. The second-order valence-electron chi connectivity index (χ2n) is 7.13. The number of rotatable bonds is 10. The summed E-state index contributed by atoms with van der Waals surface area (Å²) in [5.41, 5.74) is 4.02. The minimum atomic E-state index is -1.05. The lowest BCUT2D eigenvalue weighted by atomic mass is 10.0. The van der Waals surface area contributed by atoms with Crippen LogP contribution < -0.4 is 0 Å². The molecule has 4 nitrogen and oxygen atoms in total. The number of hydrogen-bond acceptors (Lipinski definition) is 4. The third-order valence-corrected chi connectivity index (χ3v) is 4.50. The summed E-state index contributed by atoms with van der Waals surface area (Å²) >= 11 is 0. The second kappa shape index (κ2) is 11.8. The van der Waals surface area contributed by atoms with E-state index in [2.05, 4.69) is 19.1 Å². The maximum absolute atomic E-state index is 11.6. The van der Waals surface area contributed by atoms with Crippen molar-refractivity contribution in [3.8, 4) is 0 Å². The summed E-state index contributed by atoms with van der Waals surface area (Å²) in [6, 6.07) is 18.2. The van der Waals surface area contributed by atoms with Gasteiger partial charge in [0, 0.05) is 25.8 Å². The maximum Gasteiger partial charge on any atom is 0.305 e. The molecule has 0 spiro atoms. The van der Waals surface area contributed by atoms with Crippen molar-refractivity contribution < 1.29 is 19.1 Å². The van der Waals surface area contributed by atoms with E-state index in [0.717, 1.165) is 17.5 Å². The van der Waals surface area contributed by atoms with Crippen LogP contribution in [0.4, 0.5) is 0 Å². The van der Waals surface area contributed by atoms with Crippen molar-refractivity contribution in [3.63, 3.8) is 0 Å². The molecular formula is C25H30O4. The van der Waals surface area contributed by atoms with Gasteiger partial charge in [0.2, 0.25) is 0 Å². The van der Waals surface area contributed by atoms with Gasteiger partial charge in [-0.15, -0.1) is 0 Å². The predicted octanol–water partition coefficient (Wildman–Crippen LogP) is 5.50. The second-order valence-corrected chi connectivity index (χ2v) is 7.13. The van der Waals surface area contributed by atoms with Crippen molar-refractivity contribution in [2.75, 3.05) is 0 Å². The van der Waals surface area contributed by atoms with Gasteiger partial charge in [-0.25, -0.2) is 0 Å². The van der Waals surface area contributed by atoms with Crippen molar-refractivity contribution in [1.82, 2.24) is 0 Å². The zero-order valence-electron chi connectivity index (χ0n) is 17.5. The zero-order chi connectivity index (χ0) is 21.1. The first-order valence-corrected chi connectivity index (χ1v) is 10.2. The summed E-state index contributed by atoms with van der Waals surface area (Å²) in [6.07, 6.45) is 6.08. The Labute approximate surface area is 173 Å². The molecule has 0 aliphatic heterocycles. The molecule has 0 N–H and O–H groups in total. The lowest BCUT2D eigenvalue weighted by molar-refractivity contribution is -0.178. The summed E-state index contributed by atoms with van der Waals surface area (Å²) in [4.78, 5) is 23.1. The zero-order valence-corrected chi connectivity index (χ0v) is 17.5. The molecule has 0 bridgehead atoms. The van der Waals surface area contributed by atoms with E-state index in [4.69, 9.17) is 9.47 Å². The predicted molar refractivity (Wildman–Crippen MR) is 115 cm³/mol. The monoisotopic (exact) mass is 394 g/mol. The topological polar surface area (TPSA) is 52.6 Å². The van der Waals surface area contributed by atoms with Crippen LogP contribution in [0.25, 0.3) is 6.08 Å². The molecule has 0 atom stereocenters. The van der Waals surface area contributed by atoms with E-state index in [1.165, 1.54) is 38.7 Å². The van der Waals surface area contributed by atoms with Crippen LogP contribution in [0.1, 0.15) is 56.7 Å². The Morgan fingerprint density at radius 1 is 0.862 bits per heavy atom. The Bertz CT molecular complexity index is 790. The van der Waals surface area contributed by atoms with Gasteiger partial charge in [0.15, 0.2) is 0 Å². The largest absolute Gasteiger partial charge is 0.421 e. The van der Waals surface area contributed by atoms with Crippen LogP contribution in [0.3, 0.4) is 0 Å². The highest BCUT2D eigenvalue weighted by molar-refractivity contribution is 5.69. The average molecular weight is 395 g/mol. The van der Waals surface area contributed by atoms with Crippen LogP contribution >= 0.6 is 0 Å². The van der Waals surface area contributed by atoms with Gasteiger partial charge in [-0.3, -0.25) is 9.59 Å². The van der Waals surface area contributed by atoms with E-state index in [1.54, 1.807) is 0 Å². The van der Waals surface area contributed by atoms with Gasteiger partial charge in [-0.05, 0) is 35.6 Å². The van der Waals surface area contributed by atoms with Crippen LogP contribution in [0.5, 0.6) is 0 Å². The van der Waals surface area contributed by atoms with Crippen molar-refractivity contribution in [3.05, 3.63) is 76.9 Å². The van der Waals surface area contributed by atoms with Crippen LogP contribution in [-0.2, 0) is 31.9 Å². The quantitative estimate of drug-likeness (QED) is 0.303. The normalized spacial score (nSPS) is 11.4. The number of benzene rings is 2. The minimum absolute atomic E-state index is 0.499. The molecule has 0 amide bonds. The molecule has 29 heavy (non-hydrogen) atoms. The van der Waals surface area contributed by atoms with Gasteiger partial charge >= 0.3 is 11.9 Å². The number of esters is 2. The van der Waals surface area contributed by atoms with E-state index >= 15 is 0 Å². The van der Waals surface area contributed by atoms with Crippen LogP contribution in [0.15, 0.2) is 60.2 Å². The summed E-state index contributed by atoms with van der Waals surface area (Å²) in [7, 11) is 0. The van der Waals surface area contributed by atoms with Gasteiger partial charge < -0.3 is 9.47 Å². The lowest BCUT2D eigenvalue weighted by Gasteiger charge is -2.20. The molecule has 2 rings (SSSR count).